The number of hydrogen-bond acceptors (Lipinski definition) is 5. The molecule has 0 fully saturated rings. The first-order chi connectivity index (χ1) is 9.29. The minimum Gasteiger partial charge on any atom is -0.312 e. The van der Waals surface area contributed by atoms with E-state index < -0.39 is 20.8 Å². The van der Waals surface area contributed by atoms with E-state index in [4.69, 9.17) is 0 Å². The molecule has 0 unspecified atom stereocenters. The van der Waals surface area contributed by atoms with E-state index in [2.05, 4.69) is 10.0 Å². The SMILES string of the molecule is CS(=O)(=O)NCCCNCc1cc(F)ccc1[N+](=O)[O-]. The molecule has 20 heavy (non-hydrogen) atoms. The molecule has 1 aromatic carbocycles. The highest BCUT2D eigenvalue weighted by atomic mass is 32.2. The number of nitrogens with one attached hydrogen (secondary N) is 2. The second-order valence-corrected chi connectivity index (χ2v) is 6.06. The lowest BCUT2D eigenvalue weighted by molar-refractivity contribution is -0.385. The van der Waals surface area contributed by atoms with Crippen LogP contribution in [0.4, 0.5) is 10.1 Å². The number of nitro groups is 1. The Bertz CT molecular complexity index is 577. The topological polar surface area (TPSA) is 101 Å². The quantitative estimate of drug-likeness (QED) is 0.419. The predicted molar refractivity (Wildman–Crippen MR) is 72.2 cm³/mol. The first-order valence-electron chi connectivity index (χ1n) is 5.88. The molecule has 7 nitrogen and oxygen atoms in total. The Balaban J connectivity index is 2.42. The Hall–Kier alpha value is -1.58. The van der Waals surface area contributed by atoms with E-state index >= 15 is 0 Å². The van der Waals surface area contributed by atoms with Gasteiger partial charge < -0.3 is 5.32 Å². The predicted octanol–water partition coefficient (Wildman–Crippen LogP) is 0.763. The number of hydrogen-bond donors (Lipinski definition) is 2. The molecule has 0 radical (unpaired) electrons. The van der Waals surface area contributed by atoms with E-state index in [9.17, 15) is 22.9 Å². The molecular weight excluding hydrogens is 289 g/mol. The highest BCUT2D eigenvalue weighted by Crippen LogP contribution is 2.19. The Morgan fingerprint density at radius 2 is 2.05 bits per heavy atom. The maximum atomic E-state index is 13.0. The largest absolute Gasteiger partial charge is 0.312 e. The average molecular weight is 305 g/mol. The summed E-state index contributed by atoms with van der Waals surface area (Å²) in [6.45, 7) is 0.875. The second kappa shape index (κ2) is 7.27. The number of benzene rings is 1. The maximum absolute atomic E-state index is 13.0. The van der Waals surface area contributed by atoms with Gasteiger partial charge in [0.1, 0.15) is 5.82 Å². The van der Waals surface area contributed by atoms with Crippen molar-refractivity contribution in [1.82, 2.24) is 10.0 Å². The fourth-order valence-corrected chi connectivity index (χ4v) is 2.08. The van der Waals surface area contributed by atoms with E-state index in [0.29, 0.717) is 13.0 Å². The van der Waals surface area contributed by atoms with Crippen LogP contribution in [0, 0.1) is 15.9 Å². The van der Waals surface area contributed by atoms with Crippen LogP contribution in [0.1, 0.15) is 12.0 Å². The van der Waals surface area contributed by atoms with Crippen molar-refractivity contribution in [3.63, 3.8) is 0 Å². The lowest BCUT2D eigenvalue weighted by Gasteiger charge is -2.06. The number of nitrogens with zero attached hydrogens (tertiary/aromatic N) is 1. The first kappa shape index (κ1) is 16.5. The lowest BCUT2D eigenvalue weighted by atomic mass is 10.1. The van der Waals surface area contributed by atoms with Gasteiger partial charge >= 0.3 is 0 Å². The molecule has 112 valence electrons. The molecule has 0 saturated carbocycles. The normalized spacial score (nSPS) is 11.5. The molecule has 0 atom stereocenters. The minimum absolute atomic E-state index is 0.145. The highest BCUT2D eigenvalue weighted by Gasteiger charge is 2.13. The minimum atomic E-state index is -3.20. The van der Waals surface area contributed by atoms with Gasteiger partial charge in [0.15, 0.2) is 0 Å². The van der Waals surface area contributed by atoms with Crippen LogP contribution in [0.15, 0.2) is 18.2 Å². The van der Waals surface area contributed by atoms with E-state index in [1.165, 1.54) is 0 Å². The third-order valence-corrected chi connectivity index (χ3v) is 3.18. The van der Waals surface area contributed by atoms with Gasteiger partial charge in [-0.25, -0.2) is 17.5 Å². The Labute approximate surface area is 116 Å². The molecule has 0 heterocycles. The van der Waals surface area contributed by atoms with Crippen LogP contribution < -0.4 is 10.0 Å². The molecule has 0 bridgehead atoms. The van der Waals surface area contributed by atoms with E-state index in [0.717, 1.165) is 24.5 Å². The van der Waals surface area contributed by atoms with Gasteiger partial charge in [-0.15, -0.1) is 0 Å². The summed E-state index contributed by atoms with van der Waals surface area (Å²) in [5.41, 5.74) is 0.110. The molecule has 0 aliphatic heterocycles. The molecule has 0 aromatic heterocycles. The van der Waals surface area contributed by atoms with E-state index in [-0.39, 0.29) is 24.3 Å². The molecule has 1 aromatic rings. The van der Waals surface area contributed by atoms with Crippen molar-refractivity contribution in [2.45, 2.75) is 13.0 Å². The van der Waals surface area contributed by atoms with Crippen LogP contribution in [0.2, 0.25) is 0 Å². The summed E-state index contributed by atoms with van der Waals surface area (Å²) < 4.78 is 37.0. The number of rotatable bonds is 8. The van der Waals surface area contributed by atoms with Gasteiger partial charge in [0.25, 0.3) is 5.69 Å². The summed E-state index contributed by atoms with van der Waals surface area (Å²) in [6.07, 6.45) is 1.59. The summed E-state index contributed by atoms with van der Waals surface area (Å²) in [5, 5.41) is 13.7. The molecule has 0 spiro atoms. The molecule has 0 aliphatic carbocycles. The smallest absolute Gasteiger partial charge is 0.274 e. The van der Waals surface area contributed by atoms with Gasteiger partial charge in [0, 0.05) is 24.7 Å². The van der Waals surface area contributed by atoms with Crippen molar-refractivity contribution >= 4 is 15.7 Å². The van der Waals surface area contributed by atoms with Crippen LogP contribution in [0.5, 0.6) is 0 Å². The Morgan fingerprint density at radius 1 is 1.35 bits per heavy atom. The van der Waals surface area contributed by atoms with Crippen molar-refractivity contribution in [3.05, 3.63) is 39.7 Å². The standard InChI is InChI=1S/C11H16FN3O4S/c1-20(18,19)14-6-2-5-13-8-9-7-10(12)3-4-11(9)15(16)17/h3-4,7,13-14H,2,5-6,8H2,1H3. The summed E-state index contributed by atoms with van der Waals surface area (Å²) in [4.78, 5) is 10.2. The number of halogens is 1. The first-order valence-corrected chi connectivity index (χ1v) is 7.77. The molecule has 9 heteroatoms. The highest BCUT2D eigenvalue weighted by molar-refractivity contribution is 7.88. The van der Waals surface area contributed by atoms with Crippen molar-refractivity contribution in [2.75, 3.05) is 19.3 Å². The van der Waals surface area contributed by atoms with Crippen LogP contribution in [0.3, 0.4) is 0 Å². The van der Waals surface area contributed by atoms with Gasteiger partial charge in [-0.05, 0) is 25.1 Å². The molecule has 2 N–H and O–H groups in total. The van der Waals surface area contributed by atoms with Gasteiger partial charge in [-0.1, -0.05) is 0 Å². The number of nitro benzene ring substituents is 1. The molecular formula is C11H16FN3O4S. The zero-order chi connectivity index (χ0) is 15.2. The fourth-order valence-electron chi connectivity index (χ4n) is 1.57. The Kier molecular flexibility index (Phi) is 5.99. The number of sulfonamides is 1. The van der Waals surface area contributed by atoms with Crippen molar-refractivity contribution < 1.29 is 17.7 Å². The molecule has 0 aliphatic rings. The third kappa shape index (κ3) is 6.04. The van der Waals surface area contributed by atoms with E-state index in [1.807, 2.05) is 0 Å². The van der Waals surface area contributed by atoms with Gasteiger partial charge in [0.2, 0.25) is 10.0 Å². The fraction of sp³-hybridized carbons (Fsp3) is 0.455. The monoisotopic (exact) mass is 305 g/mol. The maximum Gasteiger partial charge on any atom is 0.274 e. The molecule has 0 saturated heterocycles. The van der Waals surface area contributed by atoms with Crippen LogP contribution in [-0.2, 0) is 16.6 Å². The molecule has 0 amide bonds. The van der Waals surface area contributed by atoms with Gasteiger partial charge in [0.05, 0.1) is 11.2 Å². The van der Waals surface area contributed by atoms with Crippen LogP contribution in [0.25, 0.3) is 0 Å². The van der Waals surface area contributed by atoms with Gasteiger partial charge in [-0.2, -0.15) is 0 Å². The summed E-state index contributed by atoms with van der Waals surface area (Å²) in [6, 6.07) is 3.27. The zero-order valence-electron chi connectivity index (χ0n) is 10.9. The summed E-state index contributed by atoms with van der Waals surface area (Å²) in [7, 11) is -3.20. The second-order valence-electron chi connectivity index (χ2n) is 4.23. The third-order valence-electron chi connectivity index (χ3n) is 2.45. The lowest BCUT2D eigenvalue weighted by Crippen LogP contribution is -2.26. The van der Waals surface area contributed by atoms with Crippen LogP contribution in [-0.4, -0.2) is 32.7 Å². The average Bonchev–Trinajstić information content (AvgIpc) is 2.32. The van der Waals surface area contributed by atoms with Crippen molar-refractivity contribution in [2.24, 2.45) is 0 Å². The van der Waals surface area contributed by atoms with Crippen molar-refractivity contribution in [1.29, 1.82) is 0 Å². The van der Waals surface area contributed by atoms with Gasteiger partial charge in [-0.3, -0.25) is 10.1 Å². The van der Waals surface area contributed by atoms with Crippen molar-refractivity contribution in [3.8, 4) is 0 Å². The Morgan fingerprint density at radius 3 is 2.65 bits per heavy atom. The molecule has 1 rings (SSSR count). The summed E-state index contributed by atoms with van der Waals surface area (Å²) >= 11 is 0. The van der Waals surface area contributed by atoms with E-state index in [1.54, 1.807) is 0 Å². The zero-order valence-corrected chi connectivity index (χ0v) is 11.7. The summed E-state index contributed by atoms with van der Waals surface area (Å²) in [5.74, 6) is -0.536. The van der Waals surface area contributed by atoms with Crippen LogP contribution >= 0.6 is 0 Å².